The number of nitrogens with one attached hydrogen (secondary N) is 4. The predicted molar refractivity (Wildman–Crippen MR) is 132 cm³/mol. The summed E-state index contributed by atoms with van der Waals surface area (Å²) in [5, 5.41) is 16.0. The van der Waals surface area contributed by atoms with E-state index in [4.69, 9.17) is 0 Å². The molecular formula is C23H27N5O2S2. The molecule has 0 spiro atoms. The fourth-order valence-electron chi connectivity index (χ4n) is 3.52. The van der Waals surface area contributed by atoms with Gasteiger partial charge in [0.25, 0.3) is 5.91 Å². The lowest BCUT2D eigenvalue weighted by molar-refractivity contribution is -0.116. The lowest BCUT2D eigenvalue weighted by Gasteiger charge is -2.13. The van der Waals surface area contributed by atoms with Crippen molar-refractivity contribution in [2.75, 3.05) is 23.7 Å². The van der Waals surface area contributed by atoms with Gasteiger partial charge in [0.05, 0.1) is 0 Å². The second kappa shape index (κ2) is 10.4. The summed E-state index contributed by atoms with van der Waals surface area (Å²) in [4.78, 5) is 31.1. The van der Waals surface area contributed by atoms with Crippen LogP contribution in [0.4, 0.5) is 10.7 Å². The molecule has 0 saturated heterocycles. The van der Waals surface area contributed by atoms with Gasteiger partial charge in [0.2, 0.25) is 5.91 Å². The zero-order chi connectivity index (χ0) is 22.5. The number of benzene rings is 1. The van der Waals surface area contributed by atoms with E-state index in [1.165, 1.54) is 21.8 Å². The average molecular weight is 470 g/mol. The summed E-state index contributed by atoms with van der Waals surface area (Å²) in [7, 11) is 0. The highest BCUT2D eigenvalue weighted by Crippen LogP contribution is 2.43. The number of rotatable bonds is 8. The SMILES string of the molecule is CC(C)NCCC(=O)Nc1sc2c(c1-c1nc(C(=O)Nc3ccccc3)cs1)CCNC2. The Hall–Kier alpha value is -2.59. The van der Waals surface area contributed by atoms with Gasteiger partial charge in [-0.25, -0.2) is 4.98 Å². The molecule has 2 aromatic heterocycles. The summed E-state index contributed by atoms with van der Waals surface area (Å²) >= 11 is 3.03. The first-order valence-electron chi connectivity index (χ1n) is 10.7. The van der Waals surface area contributed by atoms with Gasteiger partial charge in [0, 0.05) is 47.1 Å². The highest BCUT2D eigenvalue weighted by atomic mass is 32.1. The van der Waals surface area contributed by atoms with Crippen LogP contribution in [-0.2, 0) is 17.8 Å². The van der Waals surface area contributed by atoms with Gasteiger partial charge >= 0.3 is 0 Å². The van der Waals surface area contributed by atoms with Gasteiger partial charge in [-0.1, -0.05) is 32.0 Å². The second-order valence-corrected chi connectivity index (χ2v) is 9.86. The minimum absolute atomic E-state index is 0.0236. The zero-order valence-corrected chi connectivity index (χ0v) is 19.8. The number of anilines is 2. The molecule has 0 bridgehead atoms. The van der Waals surface area contributed by atoms with Crippen molar-refractivity contribution in [2.45, 2.75) is 39.3 Å². The van der Waals surface area contributed by atoms with E-state index in [9.17, 15) is 9.59 Å². The van der Waals surface area contributed by atoms with E-state index in [1.807, 2.05) is 30.3 Å². The maximum Gasteiger partial charge on any atom is 0.275 e. The summed E-state index contributed by atoms with van der Waals surface area (Å²) in [6.07, 6.45) is 1.28. The van der Waals surface area contributed by atoms with Gasteiger partial charge in [-0.3, -0.25) is 9.59 Å². The Balaban J connectivity index is 1.55. The largest absolute Gasteiger partial charge is 0.321 e. The van der Waals surface area contributed by atoms with Crippen molar-refractivity contribution in [2.24, 2.45) is 0 Å². The van der Waals surface area contributed by atoms with Crippen LogP contribution in [0.3, 0.4) is 0 Å². The molecule has 0 radical (unpaired) electrons. The van der Waals surface area contributed by atoms with Crippen LogP contribution in [0.25, 0.3) is 10.6 Å². The number of hydrogen-bond acceptors (Lipinski definition) is 7. The molecule has 3 aromatic rings. The number of hydrogen-bond donors (Lipinski definition) is 4. The second-order valence-electron chi connectivity index (χ2n) is 7.90. The van der Waals surface area contributed by atoms with Gasteiger partial charge in [-0.15, -0.1) is 22.7 Å². The Kier molecular flexibility index (Phi) is 7.31. The lowest BCUT2D eigenvalue weighted by Crippen LogP contribution is -2.27. The van der Waals surface area contributed by atoms with Crippen LogP contribution < -0.4 is 21.3 Å². The third-order valence-corrected chi connectivity index (χ3v) is 7.08. The molecule has 0 unspecified atom stereocenters. The average Bonchev–Trinajstić information content (AvgIpc) is 3.38. The Morgan fingerprint density at radius 3 is 2.78 bits per heavy atom. The normalized spacial score (nSPS) is 13.1. The van der Waals surface area contributed by atoms with Gasteiger partial charge in [-0.05, 0) is 30.7 Å². The number of carbonyl (C=O) groups is 2. The highest BCUT2D eigenvalue weighted by Gasteiger charge is 2.25. The molecule has 1 aliphatic rings. The van der Waals surface area contributed by atoms with E-state index in [1.54, 1.807) is 16.7 Å². The van der Waals surface area contributed by atoms with Crippen LogP contribution in [0.2, 0.25) is 0 Å². The molecule has 0 aliphatic carbocycles. The Morgan fingerprint density at radius 2 is 2.00 bits per heavy atom. The molecule has 1 aromatic carbocycles. The fourth-order valence-corrected chi connectivity index (χ4v) is 5.70. The monoisotopic (exact) mass is 469 g/mol. The van der Waals surface area contributed by atoms with Crippen LogP contribution in [-0.4, -0.2) is 35.9 Å². The number of aromatic nitrogens is 1. The van der Waals surface area contributed by atoms with Crippen molar-refractivity contribution in [3.8, 4) is 10.6 Å². The van der Waals surface area contributed by atoms with E-state index in [0.717, 1.165) is 40.8 Å². The molecule has 4 rings (SSSR count). The van der Waals surface area contributed by atoms with Gasteiger partial charge in [-0.2, -0.15) is 0 Å². The summed E-state index contributed by atoms with van der Waals surface area (Å²) in [5.41, 5.74) is 3.28. The molecule has 0 atom stereocenters. The summed E-state index contributed by atoms with van der Waals surface area (Å²) in [6.45, 7) is 6.42. The number of thiazole rings is 1. The molecular weight excluding hydrogens is 442 g/mol. The fraction of sp³-hybridized carbons (Fsp3) is 0.348. The van der Waals surface area contributed by atoms with E-state index in [-0.39, 0.29) is 11.8 Å². The van der Waals surface area contributed by atoms with Crippen LogP contribution in [0.15, 0.2) is 35.7 Å². The Labute approximate surface area is 195 Å². The van der Waals surface area contributed by atoms with Crippen LogP contribution in [0, 0.1) is 0 Å². The van der Waals surface area contributed by atoms with Crippen molar-refractivity contribution in [3.63, 3.8) is 0 Å². The molecule has 4 N–H and O–H groups in total. The third-order valence-electron chi connectivity index (χ3n) is 5.07. The molecule has 3 heterocycles. The van der Waals surface area contributed by atoms with Crippen molar-refractivity contribution >= 4 is 45.2 Å². The van der Waals surface area contributed by atoms with E-state index in [2.05, 4.69) is 40.1 Å². The lowest BCUT2D eigenvalue weighted by atomic mass is 10.0. The number of thiophene rings is 1. The first-order valence-corrected chi connectivity index (χ1v) is 12.4. The Morgan fingerprint density at radius 1 is 1.19 bits per heavy atom. The third kappa shape index (κ3) is 5.42. The highest BCUT2D eigenvalue weighted by molar-refractivity contribution is 7.18. The first kappa shape index (κ1) is 22.6. The molecule has 2 amide bonds. The quantitative estimate of drug-likeness (QED) is 0.399. The zero-order valence-electron chi connectivity index (χ0n) is 18.2. The van der Waals surface area contributed by atoms with Gasteiger partial charge in [0.15, 0.2) is 0 Å². The first-order chi connectivity index (χ1) is 15.5. The minimum atomic E-state index is -0.241. The maximum atomic E-state index is 12.7. The van der Waals surface area contributed by atoms with Crippen molar-refractivity contribution in [3.05, 3.63) is 51.8 Å². The summed E-state index contributed by atoms with van der Waals surface area (Å²) in [5.74, 6) is -0.264. The van der Waals surface area contributed by atoms with E-state index in [0.29, 0.717) is 24.7 Å². The molecule has 168 valence electrons. The van der Waals surface area contributed by atoms with E-state index >= 15 is 0 Å². The summed E-state index contributed by atoms with van der Waals surface area (Å²) < 4.78 is 0. The molecule has 1 aliphatic heterocycles. The number of carbonyl (C=O) groups excluding carboxylic acids is 2. The number of para-hydroxylation sites is 1. The topological polar surface area (TPSA) is 95.2 Å². The predicted octanol–water partition coefficient (Wildman–Crippen LogP) is 4.10. The van der Waals surface area contributed by atoms with Crippen LogP contribution in [0.5, 0.6) is 0 Å². The molecule has 0 saturated carbocycles. The number of fused-ring (bicyclic) bond motifs is 1. The molecule has 0 fully saturated rings. The molecule has 32 heavy (non-hydrogen) atoms. The Bertz CT molecular complexity index is 1090. The summed E-state index contributed by atoms with van der Waals surface area (Å²) in [6, 6.07) is 9.68. The molecule has 9 heteroatoms. The number of nitrogens with zero attached hydrogens (tertiary/aromatic N) is 1. The van der Waals surface area contributed by atoms with Crippen LogP contribution >= 0.6 is 22.7 Å². The maximum absolute atomic E-state index is 12.7. The smallest absolute Gasteiger partial charge is 0.275 e. The van der Waals surface area contributed by atoms with E-state index < -0.39 is 0 Å². The van der Waals surface area contributed by atoms with Crippen LogP contribution in [0.1, 0.15) is 41.2 Å². The van der Waals surface area contributed by atoms with Gasteiger partial charge < -0.3 is 21.3 Å². The molecule has 7 nitrogen and oxygen atoms in total. The van der Waals surface area contributed by atoms with Crippen molar-refractivity contribution in [1.29, 1.82) is 0 Å². The van der Waals surface area contributed by atoms with Crippen molar-refractivity contribution in [1.82, 2.24) is 15.6 Å². The standard InChI is InChI=1S/C23H27N5O2S2/c1-14(2)25-11-9-19(29)28-23-20(16-8-10-24-12-18(16)32-23)22-27-17(13-31-22)21(30)26-15-6-4-3-5-7-15/h3-7,13-14,24-25H,8-12H2,1-2H3,(H,26,30)(H,28,29). The minimum Gasteiger partial charge on any atom is -0.321 e. The van der Waals surface area contributed by atoms with Gasteiger partial charge in [0.1, 0.15) is 15.7 Å². The van der Waals surface area contributed by atoms with Crippen molar-refractivity contribution < 1.29 is 9.59 Å². The number of amides is 2.